The summed E-state index contributed by atoms with van der Waals surface area (Å²) in [5.41, 5.74) is 2.94. The molecule has 0 atom stereocenters. The van der Waals surface area contributed by atoms with E-state index in [-0.39, 0.29) is 22.9 Å². The van der Waals surface area contributed by atoms with Gasteiger partial charge in [0.1, 0.15) is 6.54 Å². The van der Waals surface area contributed by atoms with E-state index >= 15 is 0 Å². The van der Waals surface area contributed by atoms with Crippen molar-refractivity contribution < 1.29 is 17.6 Å². The molecule has 0 spiro atoms. The molecule has 35 heavy (non-hydrogen) atoms. The summed E-state index contributed by atoms with van der Waals surface area (Å²) in [6.45, 7) is 1.89. The molecular formula is C26H29N3O5S. The summed E-state index contributed by atoms with van der Waals surface area (Å²) >= 11 is 0. The summed E-state index contributed by atoms with van der Waals surface area (Å²) in [4.78, 5) is 27.3. The molecule has 2 aromatic carbocycles. The van der Waals surface area contributed by atoms with Gasteiger partial charge in [0.15, 0.2) is 5.58 Å². The molecule has 8 nitrogen and oxygen atoms in total. The number of hydrogen-bond donors (Lipinski definition) is 0. The number of carbonyl (C=O) groups excluding carboxylic acids is 1. The van der Waals surface area contributed by atoms with E-state index in [1.807, 2.05) is 24.3 Å². The maximum absolute atomic E-state index is 13.1. The van der Waals surface area contributed by atoms with Crippen molar-refractivity contribution in [2.75, 3.05) is 26.2 Å². The second-order valence-corrected chi connectivity index (χ2v) is 11.0. The molecule has 3 aromatic rings. The van der Waals surface area contributed by atoms with Crippen molar-refractivity contribution in [1.82, 2.24) is 13.8 Å². The number of rotatable bonds is 5. The quantitative estimate of drug-likeness (QED) is 0.540. The largest absolute Gasteiger partial charge is 0.420 e. The van der Waals surface area contributed by atoms with Crippen molar-refractivity contribution in [1.29, 1.82) is 0 Å². The predicted molar refractivity (Wildman–Crippen MR) is 133 cm³/mol. The second kappa shape index (κ2) is 9.83. The van der Waals surface area contributed by atoms with Crippen molar-refractivity contribution in [2.45, 2.75) is 43.5 Å². The van der Waals surface area contributed by atoms with Gasteiger partial charge in [-0.05, 0) is 42.5 Å². The van der Waals surface area contributed by atoms with E-state index in [9.17, 15) is 18.0 Å². The van der Waals surface area contributed by atoms with E-state index in [4.69, 9.17) is 4.42 Å². The molecule has 0 aliphatic carbocycles. The van der Waals surface area contributed by atoms with Crippen LogP contribution >= 0.6 is 0 Å². The Morgan fingerprint density at radius 2 is 1.69 bits per heavy atom. The third-order valence-corrected chi connectivity index (χ3v) is 8.74. The Labute approximate surface area is 204 Å². The van der Waals surface area contributed by atoms with Gasteiger partial charge in [-0.1, -0.05) is 49.2 Å². The van der Waals surface area contributed by atoms with Gasteiger partial charge in [0.25, 0.3) is 0 Å². The zero-order valence-corrected chi connectivity index (χ0v) is 20.4. The van der Waals surface area contributed by atoms with Gasteiger partial charge in [0, 0.05) is 32.2 Å². The lowest BCUT2D eigenvalue weighted by Gasteiger charge is -2.26. The maximum atomic E-state index is 13.1. The Morgan fingerprint density at radius 3 is 2.37 bits per heavy atom. The summed E-state index contributed by atoms with van der Waals surface area (Å²) in [5, 5.41) is 0. The van der Waals surface area contributed by atoms with Gasteiger partial charge in [-0.2, -0.15) is 4.31 Å². The first kappa shape index (κ1) is 23.6. The van der Waals surface area contributed by atoms with Gasteiger partial charge in [-0.25, -0.2) is 13.2 Å². The summed E-state index contributed by atoms with van der Waals surface area (Å²) in [7, 11) is -3.67. The van der Waals surface area contributed by atoms with Crippen LogP contribution in [0, 0.1) is 0 Å². The third-order valence-electron chi connectivity index (χ3n) is 6.84. The fourth-order valence-corrected chi connectivity index (χ4v) is 6.37. The Bertz CT molecular complexity index is 1410. The molecule has 1 amide bonds. The van der Waals surface area contributed by atoms with Crippen molar-refractivity contribution >= 4 is 32.6 Å². The molecule has 0 bridgehead atoms. The van der Waals surface area contributed by atoms with Crippen LogP contribution in [0.15, 0.2) is 68.7 Å². The smallest absolute Gasteiger partial charge is 0.408 e. The summed E-state index contributed by atoms with van der Waals surface area (Å²) in [6, 6.07) is 14.5. The highest BCUT2D eigenvalue weighted by atomic mass is 32.2. The number of nitrogens with zero attached hydrogens (tertiary/aromatic N) is 3. The van der Waals surface area contributed by atoms with Gasteiger partial charge in [-0.15, -0.1) is 0 Å². The zero-order valence-electron chi connectivity index (χ0n) is 19.6. The number of amides is 1. The Hall–Kier alpha value is -3.17. The summed E-state index contributed by atoms with van der Waals surface area (Å²) in [5.74, 6) is -0.852. The first-order valence-corrected chi connectivity index (χ1v) is 13.5. The lowest BCUT2D eigenvalue weighted by atomic mass is 9.99. The molecule has 2 aliphatic rings. The number of hydrogen-bond acceptors (Lipinski definition) is 5. The highest BCUT2D eigenvalue weighted by Crippen LogP contribution is 2.25. The van der Waals surface area contributed by atoms with E-state index < -0.39 is 15.8 Å². The first-order chi connectivity index (χ1) is 16.9. The van der Waals surface area contributed by atoms with Crippen LogP contribution in [0.5, 0.6) is 0 Å². The van der Waals surface area contributed by atoms with Crippen molar-refractivity contribution in [3.8, 4) is 0 Å². The SMILES string of the molecule is O=C(Cn1c(=O)oc2cc(S(=O)(=O)N3CCCCCC3)ccc21)N1CC=C(c2ccccc2)CC1. The number of benzene rings is 2. The van der Waals surface area contributed by atoms with Crippen LogP contribution in [-0.2, 0) is 21.4 Å². The minimum absolute atomic E-state index is 0.105. The molecule has 184 valence electrons. The number of oxazole rings is 1. The van der Waals surface area contributed by atoms with Crippen LogP contribution in [0.25, 0.3) is 16.7 Å². The van der Waals surface area contributed by atoms with Crippen LogP contribution in [0.1, 0.15) is 37.7 Å². The van der Waals surface area contributed by atoms with Gasteiger partial charge < -0.3 is 9.32 Å². The highest BCUT2D eigenvalue weighted by molar-refractivity contribution is 7.89. The molecule has 1 aromatic heterocycles. The van der Waals surface area contributed by atoms with Crippen molar-refractivity contribution in [3.05, 3.63) is 70.7 Å². The fraction of sp³-hybridized carbons (Fsp3) is 0.385. The third kappa shape index (κ3) is 4.83. The minimum Gasteiger partial charge on any atom is -0.408 e. The molecule has 9 heteroatoms. The van der Waals surface area contributed by atoms with E-state index in [1.54, 1.807) is 11.0 Å². The van der Waals surface area contributed by atoms with E-state index in [2.05, 4.69) is 12.1 Å². The molecule has 0 unspecified atom stereocenters. The average molecular weight is 496 g/mol. The number of fused-ring (bicyclic) bond motifs is 1. The van der Waals surface area contributed by atoms with Crippen LogP contribution < -0.4 is 5.76 Å². The topological polar surface area (TPSA) is 92.8 Å². The molecule has 2 aliphatic heterocycles. The molecule has 0 radical (unpaired) electrons. The molecule has 1 saturated heterocycles. The molecule has 3 heterocycles. The lowest BCUT2D eigenvalue weighted by molar-refractivity contribution is -0.131. The zero-order chi connectivity index (χ0) is 24.4. The summed E-state index contributed by atoms with van der Waals surface area (Å²) in [6.07, 6.45) is 6.52. The lowest BCUT2D eigenvalue weighted by Crippen LogP contribution is -2.38. The van der Waals surface area contributed by atoms with E-state index in [1.165, 1.54) is 26.6 Å². The average Bonchev–Trinajstić information content (AvgIpc) is 3.04. The fourth-order valence-electron chi connectivity index (χ4n) is 4.83. The van der Waals surface area contributed by atoms with Gasteiger partial charge >= 0.3 is 5.76 Å². The van der Waals surface area contributed by atoms with Crippen LogP contribution in [0.3, 0.4) is 0 Å². The maximum Gasteiger partial charge on any atom is 0.420 e. The Kier molecular flexibility index (Phi) is 6.62. The Morgan fingerprint density at radius 1 is 0.943 bits per heavy atom. The second-order valence-electron chi connectivity index (χ2n) is 9.09. The van der Waals surface area contributed by atoms with E-state index in [0.29, 0.717) is 31.7 Å². The molecule has 0 saturated carbocycles. The molecule has 0 N–H and O–H groups in total. The normalized spacial score (nSPS) is 17.8. The number of carbonyl (C=O) groups is 1. The Balaban J connectivity index is 1.33. The highest BCUT2D eigenvalue weighted by Gasteiger charge is 2.27. The van der Waals surface area contributed by atoms with Gasteiger partial charge in [-0.3, -0.25) is 9.36 Å². The minimum atomic E-state index is -3.67. The van der Waals surface area contributed by atoms with Gasteiger partial charge in [0.05, 0.1) is 10.4 Å². The van der Waals surface area contributed by atoms with Crippen LogP contribution in [-0.4, -0.2) is 54.3 Å². The van der Waals surface area contributed by atoms with Crippen molar-refractivity contribution in [3.63, 3.8) is 0 Å². The molecule has 1 fully saturated rings. The van der Waals surface area contributed by atoms with Crippen LogP contribution in [0.2, 0.25) is 0 Å². The summed E-state index contributed by atoms with van der Waals surface area (Å²) < 4.78 is 34.4. The number of aromatic nitrogens is 1. The van der Waals surface area contributed by atoms with Crippen molar-refractivity contribution in [2.24, 2.45) is 0 Å². The van der Waals surface area contributed by atoms with Crippen LogP contribution in [0.4, 0.5) is 0 Å². The number of sulfonamides is 1. The predicted octanol–water partition coefficient (Wildman–Crippen LogP) is 3.48. The molecular weight excluding hydrogens is 466 g/mol. The monoisotopic (exact) mass is 495 g/mol. The standard InChI is InChI=1S/C26H29N3O5S/c30-25(27-16-12-21(13-17-27)20-8-4-3-5-9-20)19-29-23-11-10-22(18-24(23)34-26(29)31)35(32,33)28-14-6-1-2-7-15-28/h3-5,8-12,18H,1-2,6-7,13-17,19H2. The first-order valence-electron chi connectivity index (χ1n) is 12.1. The van der Waals surface area contributed by atoms with Gasteiger partial charge in [0.2, 0.25) is 15.9 Å². The van der Waals surface area contributed by atoms with E-state index in [0.717, 1.165) is 37.7 Å². The molecule has 5 rings (SSSR count).